The highest BCUT2D eigenvalue weighted by atomic mass is 16.5. The lowest BCUT2D eigenvalue weighted by Gasteiger charge is -2.01. The highest BCUT2D eigenvalue weighted by Crippen LogP contribution is 2.09. The molecule has 1 heterocycles. The molecule has 1 aliphatic heterocycles. The summed E-state index contributed by atoms with van der Waals surface area (Å²) in [6.45, 7) is 1.85. The van der Waals surface area contributed by atoms with E-state index in [1.165, 1.54) is 0 Å². The number of allylic oxidation sites excluding steroid dienone is 1. The van der Waals surface area contributed by atoms with Crippen LogP contribution in [0.3, 0.4) is 0 Å². The first kappa shape index (κ1) is 8.05. The minimum Gasteiger partial charge on any atom is -0.494 e. The van der Waals surface area contributed by atoms with Crippen LogP contribution in [0.2, 0.25) is 0 Å². The Morgan fingerprint density at radius 1 is 1.82 bits per heavy atom. The third kappa shape index (κ3) is 2.58. The van der Waals surface area contributed by atoms with Crippen molar-refractivity contribution in [3.8, 4) is 0 Å². The second-order valence-electron chi connectivity index (χ2n) is 2.46. The van der Waals surface area contributed by atoms with Crippen LogP contribution in [0.4, 0.5) is 0 Å². The Labute approximate surface area is 66.5 Å². The van der Waals surface area contributed by atoms with Crippen molar-refractivity contribution in [1.29, 1.82) is 0 Å². The van der Waals surface area contributed by atoms with E-state index in [4.69, 9.17) is 4.74 Å². The maximum atomic E-state index is 10.8. The minimum atomic E-state index is 0.0884. The van der Waals surface area contributed by atoms with E-state index in [9.17, 15) is 4.79 Å². The van der Waals surface area contributed by atoms with Crippen LogP contribution in [0, 0.1) is 0 Å². The average molecular weight is 152 g/mol. The molecule has 0 spiro atoms. The molecule has 1 rings (SSSR count). The van der Waals surface area contributed by atoms with E-state index in [2.05, 4.69) is 0 Å². The van der Waals surface area contributed by atoms with Gasteiger partial charge in [0, 0.05) is 12.8 Å². The molecule has 0 aliphatic carbocycles. The van der Waals surface area contributed by atoms with E-state index in [1.54, 1.807) is 12.3 Å². The summed E-state index contributed by atoms with van der Waals surface area (Å²) in [4.78, 5) is 10.8. The zero-order valence-electron chi connectivity index (χ0n) is 6.62. The molecular formula is C9H12O2. The molecule has 0 amide bonds. The lowest BCUT2D eigenvalue weighted by atomic mass is 10.2. The molecule has 0 aromatic rings. The van der Waals surface area contributed by atoms with Gasteiger partial charge in [0.2, 0.25) is 0 Å². The highest BCUT2D eigenvalue weighted by Gasteiger charge is 2.06. The Morgan fingerprint density at radius 2 is 2.64 bits per heavy atom. The summed E-state index contributed by atoms with van der Waals surface area (Å²) in [6, 6.07) is 0. The molecule has 0 saturated carbocycles. The van der Waals surface area contributed by atoms with Crippen LogP contribution < -0.4 is 0 Å². The second-order valence-corrected chi connectivity index (χ2v) is 2.46. The van der Waals surface area contributed by atoms with E-state index >= 15 is 0 Å². The zero-order chi connectivity index (χ0) is 8.10. The van der Waals surface area contributed by atoms with E-state index in [1.807, 2.05) is 19.1 Å². The number of hydrogen-bond acceptors (Lipinski definition) is 2. The fraction of sp³-hybridized carbons (Fsp3) is 0.444. The first-order valence-electron chi connectivity index (χ1n) is 3.84. The number of hydrogen-bond donors (Lipinski definition) is 0. The average Bonchev–Trinajstić information content (AvgIpc) is 2.52. The molecule has 0 radical (unpaired) electrons. The van der Waals surface area contributed by atoms with E-state index < -0.39 is 0 Å². The Hall–Kier alpha value is -1.05. The number of carbonyl (C=O) groups is 1. The van der Waals surface area contributed by atoms with E-state index in [0.717, 1.165) is 6.42 Å². The van der Waals surface area contributed by atoms with Crippen LogP contribution in [0.25, 0.3) is 0 Å². The highest BCUT2D eigenvalue weighted by molar-refractivity contribution is 5.89. The minimum absolute atomic E-state index is 0.0884. The summed E-state index contributed by atoms with van der Waals surface area (Å²) in [7, 11) is 0. The van der Waals surface area contributed by atoms with Crippen molar-refractivity contribution in [2.75, 3.05) is 0 Å². The summed E-state index contributed by atoms with van der Waals surface area (Å²) in [5.74, 6) is 0.153. The lowest BCUT2D eigenvalue weighted by Crippen LogP contribution is -2.00. The van der Waals surface area contributed by atoms with Gasteiger partial charge in [0.15, 0.2) is 5.78 Å². The normalized spacial score (nSPS) is 22.5. The smallest absolute Gasteiger partial charge is 0.155 e. The predicted molar refractivity (Wildman–Crippen MR) is 43.1 cm³/mol. The summed E-state index contributed by atoms with van der Waals surface area (Å²) in [6.07, 6.45) is 8.57. The van der Waals surface area contributed by atoms with Crippen molar-refractivity contribution >= 4 is 5.78 Å². The van der Waals surface area contributed by atoms with Gasteiger partial charge in [-0.25, -0.2) is 0 Å². The van der Waals surface area contributed by atoms with Crippen molar-refractivity contribution in [3.63, 3.8) is 0 Å². The summed E-state index contributed by atoms with van der Waals surface area (Å²) < 4.78 is 5.13. The topological polar surface area (TPSA) is 26.3 Å². The molecular weight excluding hydrogens is 140 g/mol. The predicted octanol–water partition coefficient (Wildman–Crippen LogP) is 1.82. The Balaban J connectivity index is 2.29. The largest absolute Gasteiger partial charge is 0.494 e. The molecule has 0 aromatic carbocycles. The van der Waals surface area contributed by atoms with Crippen LogP contribution in [-0.2, 0) is 9.53 Å². The molecule has 2 heteroatoms. The molecule has 0 fully saturated rings. The van der Waals surface area contributed by atoms with Gasteiger partial charge in [-0.15, -0.1) is 0 Å². The van der Waals surface area contributed by atoms with Gasteiger partial charge in [-0.05, 0) is 18.2 Å². The van der Waals surface area contributed by atoms with Gasteiger partial charge in [0.05, 0.1) is 6.26 Å². The summed E-state index contributed by atoms with van der Waals surface area (Å²) >= 11 is 0. The molecule has 0 saturated heterocycles. The first-order chi connectivity index (χ1) is 5.33. The lowest BCUT2D eigenvalue weighted by molar-refractivity contribution is -0.114. The second kappa shape index (κ2) is 3.96. The molecule has 0 bridgehead atoms. The van der Waals surface area contributed by atoms with E-state index in [-0.39, 0.29) is 11.9 Å². The maximum absolute atomic E-state index is 10.8. The fourth-order valence-electron chi connectivity index (χ4n) is 0.858. The van der Waals surface area contributed by atoms with Gasteiger partial charge < -0.3 is 4.74 Å². The fourth-order valence-corrected chi connectivity index (χ4v) is 0.858. The van der Waals surface area contributed by atoms with Crippen LogP contribution in [0.1, 0.15) is 19.8 Å². The van der Waals surface area contributed by atoms with Gasteiger partial charge in [-0.3, -0.25) is 4.79 Å². The monoisotopic (exact) mass is 152 g/mol. The molecule has 60 valence electrons. The first-order valence-corrected chi connectivity index (χ1v) is 3.84. The van der Waals surface area contributed by atoms with Crippen LogP contribution in [0.5, 0.6) is 0 Å². The SMILES string of the molecule is CCC(=O)/C=C/C1CC=CO1. The Morgan fingerprint density at radius 3 is 3.18 bits per heavy atom. The quantitative estimate of drug-likeness (QED) is 0.576. The van der Waals surface area contributed by atoms with Crippen molar-refractivity contribution in [2.24, 2.45) is 0 Å². The molecule has 1 unspecified atom stereocenters. The summed E-state index contributed by atoms with van der Waals surface area (Å²) in [5.41, 5.74) is 0. The standard InChI is InChI=1S/C9H12O2/c1-2-8(10)5-6-9-4-3-7-11-9/h3,5-7,9H,2,4H2,1H3/b6-5+. The Bertz CT molecular complexity index is 184. The van der Waals surface area contributed by atoms with Crippen molar-refractivity contribution < 1.29 is 9.53 Å². The maximum Gasteiger partial charge on any atom is 0.155 e. The summed E-state index contributed by atoms with van der Waals surface area (Å²) in [5, 5.41) is 0. The third-order valence-electron chi connectivity index (χ3n) is 1.56. The molecule has 1 aliphatic rings. The van der Waals surface area contributed by atoms with Crippen LogP contribution >= 0.6 is 0 Å². The third-order valence-corrected chi connectivity index (χ3v) is 1.56. The molecule has 0 aromatic heterocycles. The Kier molecular flexibility index (Phi) is 2.90. The molecule has 0 N–H and O–H groups in total. The van der Waals surface area contributed by atoms with Gasteiger partial charge in [-0.2, -0.15) is 0 Å². The van der Waals surface area contributed by atoms with Gasteiger partial charge in [0.1, 0.15) is 6.10 Å². The van der Waals surface area contributed by atoms with Crippen LogP contribution in [0.15, 0.2) is 24.5 Å². The van der Waals surface area contributed by atoms with Gasteiger partial charge >= 0.3 is 0 Å². The zero-order valence-corrected chi connectivity index (χ0v) is 6.62. The number of rotatable bonds is 3. The molecule has 1 atom stereocenters. The van der Waals surface area contributed by atoms with Crippen molar-refractivity contribution in [3.05, 3.63) is 24.5 Å². The number of ether oxygens (including phenoxy) is 1. The molecule has 2 nitrogen and oxygen atoms in total. The van der Waals surface area contributed by atoms with Crippen LogP contribution in [-0.4, -0.2) is 11.9 Å². The van der Waals surface area contributed by atoms with Crippen molar-refractivity contribution in [2.45, 2.75) is 25.9 Å². The van der Waals surface area contributed by atoms with Gasteiger partial charge in [0.25, 0.3) is 0 Å². The molecule has 11 heavy (non-hydrogen) atoms. The van der Waals surface area contributed by atoms with E-state index in [0.29, 0.717) is 6.42 Å². The van der Waals surface area contributed by atoms with Gasteiger partial charge in [-0.1, -0.05) is 6.92 Å². The number of carbonyl (C=O) groups excluding carboxylic acids is 1. The van der Waals surface area contributed by atoms with Crippen molar-refractivity contribution in [1.82, 2.24) is 0 Å². The number of ketones is 1.